The molecule has 0 aliphatic carbocycles. The van der Waals surface area contributed by atoms with E-state index in [1.807, 2.05) is 25.1 Å². The van der Waals surface area contributed by atoms with Crippen LogP contribution in [0.15, 0.2) is 24.4 Å². The molecule has 1 aliphatic heterocycles. The number of carbonyl (C=O) groups is 1. The summed E-state index contributed by atoms with van der Waals surface area (Å²) in [5, 5.41) is 14.2. The molecule has 0 spiro atoms. The van der Waals surface area contributed by atoms with Crippen LogP contribution in [-0.2, 0) is 4.79 Å². The summed E-state index contributed by atoms with van der Waals surface area (Å²) < 4.78 is 0. The van der Waals surface area contributed by atoms with Gasteiger partial charge in [-0.1, -0.05) is 0 Å². The number of anilines is 1. The number of halogens is 1. The van der Waals surface area contributed by atoms with E-state index < -0.39 is 5.54 Å². The van der Waals surface area contributed by atoms with Crippen LogP contribution in [0.1, 0.15) is 26.2 Å². The average Bonchev–Trinajstić information content (AvgIpc) is 2.87. The first kappa shape index (κ1) is 14.8. The Morgan fingerprint density at radius 2 is 2.25 bits per heavy atom. The second-order valence-electron chi connectivity index (χ2n) is 5.34. The maximum absolute atomic E-state index is 12.4. The maximum atomic E-state index is 12.4. The molecule has 0 saturated carbocycles. The average molecular weight is 295 g/mol. The van der Waals surface area contributed by atoms with Crippen LogP contribution in [0.3, 0.4) is 0 Å². The molecule has 2 aromatic rings. The Labute approximate surface area is 123 Å². The maximum Gasteiger partial charge on any atom is 0.244 e. The van der Waals surface area contributed by atoms with Crippen molar-refractivity contribution in [2.24, 2.45) is 0 Å². The van der Waals surface area contributed by atoms with E-state index in [-0.39, 0.29) is 18.3 Å². The molecule has 1 atom stereocenters. The Morgan fingerprint density at radius 3 is 3.00 bits per heavy atom. The highest BCUT2D eigenvalue weighted by Crippen LogP contribution is 2.22. The highest BCUT2D eigenvalue weighted by molar-refractivity contribution is 5.99. The van der Waals surface area contributed by atoms with Crippen LogP contribution in [0.2, 0.25) is 0 Å². The summed E-state index contributed by atoms with van der Waals surface area (Å²) in [7, 11) is 0. The summed E-state index contributed by atoms with van der Waals surface area (Å²) in [6.45, 7) is 2.88. The van der Waals surface area contributed by atoms with E-state index in [2.05, 4.69) is 20.8 Å². The van der Waals surface area contributed by atoms with Crippen molar-refractivity contribution in [1.29, 1.82) is 0 Å². The molecule has 3 rings (SSSR count). The third kappa shape index (κ3) is 2.78. The fourth-order valence-corrected chi connectivity index (χ4v) is 2.54. The fourth-order valence-electron chi connectivity index (χ4n) is 2.54. The molecule has 108 valence electrons. The van der Waals surface area contributed by atoms with Gasteiger partial charge in [0.05, 0.1) is 17.3 Å². The van der Waals surface area contributed by atoms with Gasteiger partial charge in [0.2, 0.25) is 5.91 Å². The van der Waals surface area contributed by atoms with E-state index in [0.717, 1.165) is 42.4 Å². The van der Waals surface area contributed by atoms with E-state index in [9.17, 15) is 4.79 Å². The zero-order chi connectivity index (χ0) is 13.3. The van der Waals surface area contributed by atoms with Crippen LogP contribution in [0.25, 0.3) is 10.9 Å². The number of nitrogens with one attached hydrogen (secondary N) is 3. The number of fused-ring (bicyclic) bond motifs is 1. The van der Waals surface area contributed by atoms with Gasteiger partial charge < -0.3 is 10.6 Å². The first-order valence-corrected chi connectivity index (χ1v) is 6.67. The topological polar surface area (TPSA) is 69.8 Å². The number of hydrogen-bond donors (Lipinski definition) is 3. The monoisotopic (exact) mass is 294 g/mol. The van der Waals surface area contributed by atoms with Gasteiger partial charge in [-0.2, -0.15) is 5.10 Å². The van der Waals surface area contributed by atoms with Crippen molar-refractivity contribution in [2.75, 3.05) is 11.9 Å². The molecule has 1 fully saturated rings. The van der Waals surface area contributed by atoms with Crippen LogP contribution in [-0.4, -0.2) is 28.2 Å². The van der Waals surface area contributed by atoms with Crippen LogP contribution >= 0.6 is 12.4 Å². The van der Waals surface area contributed by atoms with E-state index in [4.69, 9.17) is 0 Å². The van der Waals surface area contributed by atoms with Gasteiger partial charge in [0.25, 0.3) is 0 Å². The highest BCUT2D eigenvalue weighted by Gasteiger charge is 2.34. The zero-order valence-electron chi connectivity index (χ0n) is 11.4. The van der Waals surface area contributed by atoms with Crippen molar-refractivity contribution in [1.82, 2.24) is 15.5 Å². The standard InChI is InChI=1S/C14H18N4O.ClH/c1-14(6-2-3-7-15-14)13(19)17-11-4-5-12-10(8-11)9-16-18-12;/h4-5,8-9,15H,2-3,6-7H2,1H3,(H,16,18)(H,17,19);1H. The molecule has 5 nitrogen and oxygen atoms in total. The van der Waals surface area contributed by atoms with Gasteiger partial charge >= 0.3 is 0 Å². The predicted molar refractivity (Wildman–Crippen MR) is 82.2 cm³/mol. The molecule has 3 N–H and O–H groups in total. The SMILES string of the molecule is CC1(C(=O)Nc2ccc3[nH]ncc3c2)CCCCN1.Cl. The molecule has 6 heteroatoms. The summed E-state index contributed by atoms with van der Waals surface area (Å²) in [6, 6.07) is 5.75. The second-order valence-corrected chi connectivity index (χ2v) is 5.34. The molecule has 1 saturated heterocycles. The predicted octanol–water partition coefficient (Wildman–Crippen LogP) is 2.46. The van der Waals surface area contributed by atoms with Crippen LogP contribution in [0.4, 0.5) is 5.69 Å². The molecule has 1 amide bonds. The molecule has 1 aromatic heterocycles. The first-order valence-electron chi connectivity index (χ1n) is 6.67. The molecule has 2 heterocycles. The van der Waals surface area contributed by atoms with E-state index in [1.54, 1.807) is 6.20 Å². The van der Waals surface area contributed by atoms with E-state index in [0.29, 0.717) is 0 Å². The number of hydrogen-bond acceptors (Lipinski definition) is 3. The number of aromatic nitrogens is 2. The summed E-state index contributed by atoms with van der Waals surface area (Å²) in [6.07, 6.45) is 4.87. The quantitative estimate of drug-likeness (QED) is 0.797. The van der Waals surface area contributed by atoms with Gasteiger partial charge in [-0.25, -0.2) is 0 Å². The summed E-state index contributed by atoms with van der Waals surface area (Å²) in [5.41, 5.74) is 1.33. The Kier molecular flexibility index (Phi) is 4.30. The third-order valence-corrected chi connectivity index (χ3v) is 3.82. The largest absolute Gasteiger partial charge is 0.324 e. The lowest BCUT2D eigenvalue weighted by atomic mass is 9.90. The number of nitrogens with zero attached hydrogens (tertiary/aromatic N) is 1. The van der Waals surface area contributed by atoms with Crippen molar-refractivity contribution in [3.63, 3.8) is 0 Å². The minimum absolute atomic E-state index is 0. The zero-order valence-corrected chi connectivity index (χ0v) is 12.2. The van der Waals surface area contributed by atoms with Gasteiger partial charge in [-0.05, 0) is 50.9 Å². The number of H-pyrrole nitrogens is 1. The van der Waals surface area contributed by atoms with Crippen LogP contribution in [0, 0.1) is 0 Å². The van der Waals surface area contributed by atoms with Gasteiger partial charge in [0, 0.05) is 11.1 Å². The lowest BCUT2D eigenvalue weighted by Crippen LogP contribution is -2.54. The molecular formula is C14H19ClN4O. The highest BCUT2D eigenvalue weighted by atomic mass is 35.5. The van der Waals surface area contributed by atoms with Crippen molar-refractivity contribution >= 4 is 34.9 Å². The molecule has 0 bridgehead atoms. The number of piperidine rings is 1. The molecule has 20 heavy (non-hydrogen) atoms. The van der Waals surface area contributed by atoms with Crippen molar-refractivity contribution in [2.45, 2.75) is 31.7 Å². The summed E-state index contributed by atoms with van der Waals surface area (Å²) in [5.74, 6) is 0.0371. The van der Waals surface area contributed by atoms with Gasteiger partial charge in [-0.3, -0.25) is 9.89 Å². The number of rotatable bonds is 2. The third-order valence-electron chi connectivity index (χ3n) is 3.82. The van der Waals surface area contributed by atoms with Crippen molar-refractivity contribution < 1.29 is 4.79 Å². The minimum Gasteiger partial charge on any atom is -0.324 e. The van der Waals surface area contributed by atoms with E-state index >= 15 is 0 Å². The fraction of sp³-hybridized carbons (Fsp3) is 0.429. The summed E-state index contributed by atoms with van der Waals surface area (Å²) >= 11 is 0. The minimum atomic E-state index is -0.455. The Hall–Kier alpha value is -1.59. The Bertz CT molecular complexity index is 604. The molecule has 1 unspecified atom stereocenters. The van der Waals surface area contributed by atoms with Gasteiger partial charge in [0.1, 0.15) is 0 Å². The van der Waals surface area contributed by atoms with Crippen molar-refractivity contribution in [3.8, 4) is 0 Å². The van der Waals surface area contributed by atoms with Crippen molar-refractivity contribution in [3.05, 3.63) is 24.4 Å². The van der Waals surface area contributed by atoms with Crippen LogP contribution in [0.5, 0.6) is 0 Å². The first-order chi connectivity index (χ1) is 9.17. The normalized spacial score (nSPS) is 22.2. The lowest BCUT2D eigenvalue weighted by Gasteiger charge is -2.33. The molecule has 1 aliphatic rings. The second kappa shape index (κ2) is 5.81. The Balaban J connectivity index is 0.00000147. The Morgan fingerprint density at radius 1 is 1.40 bits per heavy atom. The van der Waals surface area contributed by atoms with Gasteiger partial charge in [-0.15, -0.1) is 12.4 Å². The lowest BCUT2D eigenvalue weighted by molar-refractivity contribution is -0.122. The number of amides is 1. The number of benzene rings is 1. The smallest absolute Gasteiger partial charge is 0.244 e. The summed E-state index contributed by atoms with van der Waals surface area (Å²) in [4.78, 5) is 12.4. The molecule has 0 radical (unpaired) electrons. The molecular weight excluding hydrogens is 276 g/mol. The van der Waals surface area contributed by atoms with Gasteiger partial charge in [0.15, 0.2) is 0 Å². The molecule has 1 aromatic carbocycles. The number of aromatic amines is 1. The van der Waals surface area contributed by atoms with Crippen LogP contribution < -0.4 is 10.6 Å². The number of carbonyl (C=O) groups excluding carboxylic acids is 1. The van der Waals surface area contributed by atoms with E-state index in [1.165, 1.54) is 0 Å².